The maximum absolute atomic E-state index is 13.4. The van der Waals surface area contributed by atoms with Gasteiger partial charge in [-0.3, -0.25) is 14.9 Å². The van der Waals surface area contributed by atoms with E-state index in [1.54, 1.807) is 6.07 Å². The summed E-state index contributed by atoms with van der Waals surface area (Å²) in [5.74, 6) is 0.898. The Bertz CT molecular complexity index is 1640. The molecule has 230 valence electrons. The van der Waals surface area contributed by atoms with Gasteiger partial charge in [0.1, 0.15) is 11.4 Å². The number of fused-ring (bicyclic) bond motifs is 3. The Morgan fingerprint density at radius 2 is 1.61 bits per heavy atom. The summed E-state index contributed by atoms with van der Waals surface area (Å²) in [6.45, 7) is 0.183. The number of cyclic esters (lactones) is 1. The highest BCUT2D eigenvalue weighted by Gasteiger charge is 2.53. The van der Waals surface area contributed by atoms with Crippen LogP contribution in [0, 0.1) is 22.0 Å². The molecule has 0 radical (unpaired) electrons. The zero-order valence-electron chi connectivity index (χ0n) is 24.2. The highest BCUT2D eigenvalue weighted by molar-refractivity contribution is 7.80. The van der Waals surface area contributed by atoms with Crippen LogP contribution in [0.2, 0.25) is 0 Å². The molecule has 3 aliphatic rings. The molecule has 2 aliphatic heterocycles. The molecule has 3 aromatic carbocycles. The number of ether oxygens (including phenoxy) is 7. The van der Waals surface area contributed by atoms with Crippen molar-refractivity contribution in [2.45, 2.75) is 12.0 Å². The Labute approximate surface area is 257 Å². The molecule has 0 bridgehead atoms. The van der Waals surface area contributed by atoms with Gasteiger partial charge in [0.25, 0.3) is 5.69 Å². The van der Waals surface area contributed by atoms with Gasteiger partial charge < -0.3 is 43.8 Å². The molecule has 2 heterocycles. The zero-order chi connectivity index (χ0) is 31.1. The number of carbonyl (C=O) groups excluding carboxylic acids is 1. The molecule has 4 atom stereocenters. The molecule has 0 aromatic heterocycles. The monoisotopic (exact) mass is 623 g/mol. The minimum absolute atomic E-state index is 0.0567. The summed E-state index contributed by atoms with van der Waals surface area (Å²) in [5, 5.41) is 18.1. The zero-order valence-corrected chi connectivity index (χ0v) is 25.0. The number of nitro benzene ring substituents is 1. The van der Waals surface area contributed by atoms with E-state index in [0.29, 0.717) is 34.5 Å². The van der Waals surface area contributed by atoms with Crippen LogP contribution in [-0.2, 0) is 9.53 Å². The van der Waals surface area contributed by atoms with Crippen molar-refractivity contribution in [1.82, 2.24) is 5.32 Å². The lowest BCUT2D eigenvalue weighted by Crippen LogP contribution is -2.44. The average molecular weight is 624 g/mol. The van der Waals surface area contributed by atoms with Crippen LogP contribution in [0.5, 0.6) is 34.5 Å². The van der Waals surface area contributed by atoms with Crippen LogP contribution in [-0.4, -0.2) is 57.8 Å². The Morgan fingerprint density at radius 3 is 2.23 bits per heavy atom. The average Bonchev–Trinajstić information content (AvgIpc) is 3.65. The normalized spacial score (nSPS) is 21.0. The number of thiocarbonyl (C=S) groups is 1. The molecule has 44 heavy (non-hydrogen) atoms. The van der Waals surface area contributed by atoms with Gasteiger partial charge in [-0.15, -0.1) is 0 Å². The minimum Gasteiger partial charge on any atom is -0.496 e. The van der Waals surface area contributed by atoms with E-state index in [1.807, 2.05) is 24.3 Å². The van der Waals surface area contributed by atoms with Crippen LogP contribution in [0.4, 0.5) is 11.4 Å². The molecular formula is C30H29N3O10S. The van der Waals surface area contributed by atoms with Crippen molar-refractivity contribution in [1.29, 1.82) is 0 Å². The van der Waals surface area contributed by atoms with Gasteiger partial charge in [0.05, 0.1) is 58.0 Å². The van der Waals surface area contributed by atoms with Crippen LogP contribution in [0.15, 0.2) is 42.5 Å². The molecule has 1 aliphatic carbocycles. The highest BCUT2D eigenvalue weighted by Crippen LogP contribution is 2.55. The first-order valence-electron chi connectivity index (χ1n) is 13.6. The summed E-state index contributed by atoms with van der Waals surface area (Å²) >= 11 is 5.65. The first kappa shape index (κ1) is 29.1. The van der Waals surface area contributed by atoms with E-state index in [1.165, 1.54) is 40.6 Å². The van der Waals surface area contributed by atoms with Crippen molar-refractivity contribution >= 4 is 34.7 Å². The number of nitro groups is 1. The molecule has 0 amide bonds. The standard InChI is InChI=1S/C30H29N3O10S/c1-37-15-5-6-19(20(9-15)33(35)36)31-30(44)32-27-17-11-22-21(42-13-43-22)10-16(17)25(26-18(27)12-41-29(26)34)14-7-23(38-2)28(40-4)24(8-14)39-3/h5-11,18,25-27H,12-13H2,1-4H3,(H2,31,32,44)/t18-,25+,26-,27+/m0/s1. The predicted octanol–water partition coefficient (Wildman–Crippen LogP) is 4.32. The second-order valence-corrected chi connectivity index (χ2v) is 10.7. The number of hydrogen-bond donors (Lipinski definition) is 2. The smallest absolute Gasteiger partial charge is 0.310 e. The summed E-state index contributed by atoms with van der Waals surface area (Å²) in [6, 6.07) is 11.3. The SMILES string of the molecule is COc1ccc(NC(=S)N[C@@H]2c3cc4c(cc3[C@@H](c3cc(OC)c(OC)c(OC)c3)[C@H]3C(=O)OC[C@@H]32)OCO4)c([N+](=O)[O-])c1. The Kier molecular flexibility index (Phi) is 7.67. The van der Waals surface area contributed by atoms with Crippen LogP contribution >= 0.6 is 12.2 Å². The third-order valence-electron chi connectivity index (χ3n) is 8.17. The van der Waals surface area contributed by atoms with Gasteiger partial charge in [0.15, 0.2) is 28.1 Å². The molecule has 6 rings (SSSR count). The number of nitrogens with one attached hydrogen (secondary N) is 2. The Hall–Kier alpha value is -4.98. The van der Waals surface area contributed by atoms with Gasteiger partial charge in [0, 0.05) is 11.8 Å². The second kappa shape index (κ2) is 11.6. The van der Waals surface area contributed by atoms with E-state index in [2.05, 4.69) is 10.6 Å². The molecule has 13 nitrogen and oxygen atoms in total. The molecule has 3 aromatic rings. The van der Waals surface area contributed by atoms with Gasteiger partial charge in [-0.2, -0.15) is 0 Å². The lowest BCUT2D eigenvalue weighted by atomic mass is 9.65. The van der Waals surface area contributed by atoms with Crippen molar-refractivity contribution in [3.05, 3.63) is 69.3 Å². The van der Waals surface area contributed by atoms with Gasteiger partial charge in [-0.05, 0) is 65.3 Å². The van der Waals surface area contributed by atoms with Gasteiger partial charge in [-0.1, -0.05) is 0 Å². The molecule has 0 unspecified atom stereocenters. The summed E-state index contributed by atoms with van der Waals surface area (Å²) in [6.07, 6.45) is 0. The third kappa shape index (κ3) is 4.90. The number of esters is 1. The van der Waals surface area contributed by atoms with Gasteiger partial charge in [-0.25, -0.2) is 0 Å². The predicted molar refractivity (Wildman–Crippen MR) is 160 cm³/mol. The molecule has 1 fully saturated rings. The van der Waals surface area contributed by atoms with Gasteiger partial charge in [0.2, 0.25) is 12.5 Å². The maximum Gasteiger partial charge on any atom is 0.310 e. The highest BCUT2D eigenvalue weighted by atomic mass is 32.1. The van der Waals surface area contributed by atoms with Crippen molar-refractivity contribution in [2.75, 3.05) is 47.2 Å². The van der Waals surface area contributed by atoms with Crippen LogP contribution in [0.1, 0.15) is 28.7 Å². The van der Waals surface area contributed by atoms with E-state index < -0.39 is 22.8 Å². The maximum atomic E-state index is 13.4. The van der Waals surface area contributed by atoms with E-state index in [9.17, 15) is 14.9 Å². The van der Waals surface area contributed by atoms with E-state index >= 15 is 0 Å². The van der Waals surface area contributed by atoms with Crippen molar-refractivity contribution in [3.8, 4) is 34.5 Å². The van der Waals surface area contributed by atoms with Crippen molar-refractivity contribution in [2.24, 2.45) is 11.8 Å². The molecular weight excluding hydrogens is 594 g/mol. The fourth-order valence-electron chi connectivity index (χ4n) is 6.22. The number of methoxy groups -OCH3 is 4. The van der Waals surface area contributed by atoms with Crippen molar-refractivity contribution < 1.29 is 42.9 Å². The third-order valence-corrected chi connectivity index (χ3v) is 8.39. The molecule has 2 N–H and O–H groups in total. The van der Waals surface area contributed by atoms with Gasteiger partial charge >= 0.3 is 5.97 Å². The first-order chi connectivity index (χ1) is 21.3. The summed E-state index contributed by atoms with van der Waals surface area (Å²) < 4.78 is 39.0. The number of hydrogen-bond acceptors (Lipinski definition) is 11. The topological polar surface area (TPSA) is 149 Å². The summed E-state index contributed by atoms with van der Waals surface area (Å²) in [7, 11) is 6.01. The van der Waals surface area contributed by atoms with Crippen LogP contribution in [0.25, 0.3) is 0 Å². The Balaban J connectivity index is 1.44. The fourth-order valence-corrected chi connectivity index (χ4v) is 6.46. The quantitative estimate of drug-likeness (QED) is 0.159. The fraction of sp³-hybridized carbons (Fsp3) is 0.333. The van der Waals surface area contributed by atoms with E-state index in [-0.39, 0.29) is 41.8 Å². The van der Waals surface area contributed by atoms with Crippen LogP contribution < -0.4 is 39.1 Å². The number of nitrogens with zero attached hydrogens (tertiary/aromatic N) is 1. The summed E-state index contributed by atoms with van der Waals surface area (Å²) in [4.78, 5) is 24.7. The minimum atomic E-state index is -0.624. The van der Waals surface area contributed by atoms with Crippen LogP contribution in [0.3, 0.4) is 0 Å². The summed E-state index contributed by atoms with van der Waals surface area (Å²) in [5.41, 5.74) is 2.32. The second-order valence-electron chi connectivity index (χ2n) is 10.3. The largest absolute Gasteiger partial charge is 0.496 e. The molecule has 1 saturated heterocycles. The van der Waals surface area contributed by atoms with E-state index in [4.69, 9.17) is 45.4 Å². The number of carbonyl (C=O) groups is 1. The number of benzene rings is 3. The van der Waals surface area contributed by atoms with E-state index in [0.717, 1.165) is 16.7 Å². The molecule has 14 heteroatoms. The first-order valence-corrected chi connectivity index (χ1v) is 14.0. The number of anilines is 1. The Morgan fingerprint density at radius 1 is 0.932 bits per heavy atom. The van der Waals surface area contributed by atoms with Crippen molar-refractivity contribution in [3.63, 3.8) is 0 Å². The lowest BCUT2D eigenvalue weighted by Gasteiger charge is -2.40. The number of rotatable bonds is 8. The lowest BCUT2D eigenvalue weighted by molar-refractivity contribution is -0.384. The molecule has 0 saturated carbocycles. The molecule has 0 spiro atoms.